The topological polar surface area (TPSA) is 26.0 Å². The Hall–Kier alpha value is -0.560. The van der Waals surface area contributed by atoms with Crippen LogP contribution in [0.2, 0.25) is 0 Å². The van der Waals surface area contributed by atoms with Gasteiger partial charge in [0.1, 0.15) is 0 Å². The summed E-state index contributed by atoms with van der Waals surface area (Å²) in [6.45, 7) is 15.5. The van der Waals surface area contributed by atoms with Crippen LogP contribution in [0.4, 0.5) is 0 Å². The van der Waals surface area contributed by atoms with E-state index in [-0.39, 0.29) is 0 Å². The first-order valence-corrected chi connectivity index (χ1v) is 5.00. The molecule has 0 spiro atoms. The maximum atomic E-state index is 5.75. The van der Waals surface area contributed by atoms with Crippen molar-refractivity contribution in [2.45, 2.75) is 34.6 Å². The number of allylic oxidation sites excluding steroid dienone is 2. The third kappa shape index (κ3) is 3.35. The Labute approximate surface area is 82.7 Å². The number of nitrogens with two attached hydrogens (primary N) is 1. The minimum absolute atomic E-state index is 0.526. The molecule has 0 heterocycles. The van der Waals surface area contributed by atoms with Crippen molar-refractivity contribution in [3.05, 3.63) is 23.3 Å². The highest BCUT2D eigenvalue weighted by atomic mass is 14.5. The summed E-state index contributed by atoms with van der Waals surface area (Å²) >= 11 is 0. The van der Waals surface area contributed by atoms with Gasteiger partial charge in [-0.05, 0) is 24.3 Å². The van der Waals surface area contributed by atoms with Crippen molar-refractivity contribution in [1.82, 2.24) is 0 Å². The van der Waals surface area contributed by atoms with Gasteiger partial charge in [0.25, 0.3) is 0 Å². The molecule has 0 bridgehead atoms. The fraction of sp³-hybridized carbons (Fsp3) is 0.667. The largest absolute Gasteiger partial charge is 0.327 e. The van der Waals surface area contributed by atoms with Crippen LogP contribution in [0.15, 0.2) is 23.3 Å². The molecule has 76 valence electrons. The van der Waals surface area contributed by atoms with Gasteiger partial charge in [-0.15, -0.1) is 0 Å². The molecular formula is C12H23N. The Bertz CT molecular complexity index is 209. The maximum absolute atomic E-state index is 5.75. The van der Waals surface area contributed by atoms with E-state index in [1.807, 2.05) is 0 Å². The van der Waals surface area contributed by atoms with Gasteiger partial charge in [-0.2, -0.15) is 0 Å². The first-order valence-electron chi connectivity index (χ1n) is 5.00. The normalized spacial score (nSPS) is 13.5. The zero-order chi connectivity index (χ0) is 10.6. The zero-order valence-corrected chi connectivity index (χ0v) is 9.65. The Morgan fingerprint density at radius 1 is 1.15 bits per heavy atom. The number of hydrogen-bond donors (Lipinski definition) is 1. The van der Waals surface area contributed by atoms with Gasteiger partial charge in [0.05, 0.1) is 0 Å². The van der Waals surface area contributed by atoms with Crippen molar-refractivity contribution in [2.24, 2.45) is 17.6 Å². The van der Waals surface area contributed by atoms with Gasteiger partial charge in [0.15, 0.2) is 0 Å². The summed E-state index contributed by atoms with van der Waals surface area (Å²) in [5.74, 6) is 1.05. The van der Waals surface area contributed by atoms with Crippen molar-refractivity contribution in [3.63, 3.8) is 0 Å². The fourth-order valence-electron chi connectivity index (χ4n) is 1.79. The molecule has 0 aliphatic rings. The van der Waals surface area contributed by atoms with E-state index in [0.717, 1.165) is 5.57 Å². The van der Waals surface area contributed by atoms with Crippen molar-refractivity contribution in [3.8, 4) is 0 Å². The molecule has 0 aromatic rings. The molecule has 0 unspecified atom stereocenters. The highest BCUT2D eigenvalue weighted by molar-refractivity contribution is 5.34. The van der Waals surface area contributed by atoms with Crippen molar-refractivity contribution in [2.75, 3.05) is 6.54 Å². The van der Waals surface area contributed by atoms with Crippen LogP contribution in [0.5, 0.6) is 0 Å². The predicted octanol–water partition coefficient (Wildman–Crippen LogP) is 3.13. The lowest BCUT2D eigenvalue weighted by Crippen LogP contribution is -2.14. The second kappa shape index (κ2) is 5.23. The molecule has 0 atom stereocenters. The van der Waals surface area contributed by atoms with Crippen LogP contribution in [-0.2, 0) is 0 Å². The standard InChI is InChI=1S/C12H23N/c1-8(2)11(7-13)12(9(3)4)10(5)6/h8,10H,3,7,13H2,1-2,4-6H3/b12-11-. The lowest BCUT2D eigenvalue weighted by atomic mass is 9.87. The van der Waals surface area contributed by atoms with E-state index in [1.165, 1.54) is 11.1 Å². The molecule has 0 fully saturated rings. The maximum Gasteiger partial charge on any atom is 0.0145 e. The third-order valence-electron chi connectivity index (χ3n) is 2.30. The van der Waals surface area contributed by atoms with Gasteiger partial charge in [0.2, 0.25) is 0 Å². The van der Waals surface area contributed by atoms with E-state index in [4.69, 9.17) is 5.73 Å². The summed E-state index contributed by atoms with van der Waals surface area (Å²) in [7, 11) is 0. The molecule has 13 heavy (non-hydrogen) atoms. The van der Waals surface area contributed by atoms with E-state index in [2.05, 4.69) is 41.2 Å². The Morgan fingerprint density at radius 3 is 1.69 bits per heavy atom. The van der Waals surface area contributed by atoms with Crippen LogP contribution in [0.25, 0.3) is 0 Å². The van der Waals surface area contributed by atoms with Crippen LogP contribution in [0.3, 0.4) is 0 Å². The van der Waals surface area contributed by atoms with E-state index in [9.17, 15) is 0 Å². The molecule has 0 aliphatic carbocycles. The molecule has 0 rings (SSSR count). The van der Waals surface area contributed by atoms with Crippen LogP contribution >= 0.6 is 0 Å². The predicted molar refractivity (Wildman–Crippen MR) is 60.6 cm³/mol. The summed E-state index contributed by atoms with van der Waals surface area (Å²) in [6, 6.07) is 0. The molecule has 1 nitrogen and oxygen atoms in total. The summed E-state index contributed by atoms with van der Waals surface area (Å²) in [4.78, 5) is 0. The van der Waals surface area contributed by atoms with E-state index >= 15 is 0 Å². The molecule has 0 aromatic carbocycles. The third-order valence-corrected chi connectivity index (χ3v) is 2.30. The Balaban J connectivity index is 5.14. The average molecular weight is 181 g/mol. The molecule has 0 radical (unpaired) electrons. The van der Waals surface area contributed by atoms with Crippen LogP contribution in [0, 0.1) is 11.8 Å². The first-order chi connectivity index (χ1) is 5.91. The summed E-state index contributed by atoms with van der Waals surface area (Å²) in [6.07, 6.45) is 0. The molecule has 0 amide bonds. The monoisotopic (exact) mass is 181 g/mol. The molecule has 0 aliphatic heterocycles. The minimum atomic E-state index is 0.526. The summed E-state index contributed by atoms with van der Waals surface area (Å²) in [5.41, 5.74) is 9.62. The SMILES string of the molecule is C=C(C)/C(=C(\CN)C(C)C)C(C)C. The van der Waals surface area contributed by atoms with Gasteiger partial charge < -0.3 is 5.73 Å². The van der Waals surface area contributed by atoms with Crippen molar-refractivity contribution < 1.29 is 0 Å². The second-order valence-electron chi connectivity index (χ2n) is 4.23. The van der Waals surface area contributed by atoms with E-state index in [1.54, 1.807) is 0 Å². The van der Waals surface area contributed by atoms with Gasteiger partial charge in [-0.25, -0.2) is 0 Å². The molecule has 0 saturated heterocycles. The quantitative estimate of drug-likeness (QED) is 0.662. The highest BCUT2D eigenvalue weighted by Gasteiger charge is 2.12. The summed E-state index contributed by atoms with van der Waals surface area (Å²) < 4.78 is 0. The lowest BCUT2D eigenvalue weighted by molar-refractivity contribution is 0.683. The van der Waals surface area contributed by atoms with Crippen LogP contribution in [-0.4, -0.2) is 6.54 Å². The smallest absolute Gasteiger partial charge is 0.0145 e. The number of rotatable bonds is 4. The van der Waals surface area contributed by atoms with Gasteiger partial charge >= 0.3 is 0 Å². The van der Waals surface area contributed by atoms with E-state index in [0.29, 0.717) is 18.4 Å². The van der Waals surface area contributed by atoms with Crippen molar-refractivity contribution in [1.29, 1.82) is 0 Å². The first kappa shape index (κ1) is 12.4. The van der Waals surface area contributed by atoms with Gasteiger partial charge in [-0.1, -0.05) is 45.4 Å². The Morgan fingerprint density at radius 2 is 1.62 bits per heavy atom. The highest BCUT2D eigenvalue weighted by Crippen LogP contribution is 2.25. The van der Waals surface area contributed by atoms with Gasteiger partial charge in [-0.3, -0.25) is 0 Å². The number of hydrogen-bond acceptors (Lipinski definition) is 1. The summed E-state index contributed by atoms with van der Waals surface area (Å²) in [5, 5.41) is 0. The van der Waals surface area contributed by atoms with Gasteiger partial charge in [0, 0.05) is 6.54 Å². The van der Waals surface area contributed by atoms with Crippen LogP contribution < -0.4 is 5.73 Å². The second-order valence-corrected chi connectivity index (χ2v) is 4.23. The van der Waals surface area contributed by atoms with Crippen LogP contribution in [0.1, 0.15) is 34.6 Å². The van der Waals surface area contributed by atoms with E-state index < -0.39 is 0 Å². The molecule has 2 N–H and O–H groups in total. The molecule has 0 aromatic heterocycles. The zero-order valence-electron chi connectivity index (χ0n) is 9.65. The molecule has 1 heteroatoms. The molecule has 0 saturated carbocycles. The fourth-order valence-corrected chi connectivity index (χ4v) is 1.79. The Kier molecular flexibility index (Phi) is 5.01. The lowest BCUT2D eigenvalue weighted by Gasteiger charge is -2.20. The minimum Gasteiger partial charge on any atom is -0.327 e. The average Bonchev–Trinajstić information content (AvgIpc) is 1.97. The van der Waals surface area contributed by atoms with Crippen molar-refractivity contribution >= 4 is 0 Å². The molecular weight excluding hydrogens is 158 g/mol.